The van der Waals surface area contributed by atoms with Crippen LogP contribution in [0.15, 0.2) is 30.6 Å². The van der Waals surface area contributed by atoms with E-state index in [1.807, 2.05) is 26.1 Å². The van der Waals surface area contributed by atoms with E-state index in [0.29, 0.717) is 17.0 Å². The number of fused-ring (bicyclic) bond motifs is 2. The highest BCUT2D eigenvalue weighted by Gasteiger charge is 2.38. The Morgan fingerprint density at radius 2 is 2.15 bits per heavy atom. The fourth-order valence-corrected chi connectivity index (χ4v) is 4.18. The molecule has 0 unspecified atom stereocenters. The number of amides is 2. The lowest BCUT2D eigenvalue weighted by Gasteiger charge is -2.24. The van der Waals surface area contributed by atoms with E-state index in [2.05, 4.69) is 10.3 Å². The molecule has 1 aromatic heterocycles. The van der Waals surface area contributed by atoms with Gasteiger partial charge in [-0.05, 0) is 54.7 Å². The van der Waals surface area contributed by atoms with Crippen LogP contribution in [0.1, 0.15) is 65.8 Å². The van der Waals surface area contributed by atoms with Gasteiger partial charge in [0.15, 0.2) is 0 Å². The maximum absolute atomic E-state index is 13.0. The summed E-state index contributed by atoms with van der Waals surface area (Å²) in [5, 5.41) is 3.68. The van der Waals surface area contributed by atoms with E-state index in [1.54, 1.807) is 23.2 Å². The van der Waals surface area contributed by atoms with Crippen LogP contribution in [0.3, 0.4) is 0 Å². The standard InChI is InChI=1S/C20H20ClN3O2/c1-3-19(25)23-17-7-6-13-16(17)9-22-10-18(13)24-11(2)15-8-12(21)4-5-14(15)20(24)26/h4-5,8-11,17H,3,6-7H2,1-2H3,(H,23,25)/t11-,17+/m0/s1. The van der Waals surface area contributed by atoms with Crippen molar-refractivity contribution in [1.82, 2.24) is 10.3 Å². The number of carbonyl (C=O) groups excluding carboxylic acids is 2. The molecule has 2 aliphatic rings. The van der Waals surface area contributed by atoms with Crippen molar-refractivity contribution in [2.45, 2.75) is 45.2 Å². The van der Waals surface area contributed by atoms with Crippen LogP contribution in [0, 0.1) is 0 Å². The molecule has 0 bridgehead atoms. The lowest BCUT2D eigenvalue weighted by molar-refractivity contribution is -0.121. The zero-order chi connectivity index (χ0) is 18.4. The average Bonchev–Trinajstić information content (AvgIpc) is 3.14. The van der Waals surface area contributed by atoms with Crippen LogP contribution in [-0.2, 0) is 11.2 Å². The van der Waals surface area contributed by atoms with E-state index >= 15 is 0 Å². The Morgan fingerprint density at radius 3 is 2.92 bits per heavy atom. The number of hydrogen-bond acceptors (Lipinski definition) is 3. The molecule has 2 aromatic rings. The summed E-state index contributed by atoms with van der Waals surface area (Å²) in [5.74, 6) is 0.00123. The Balaban J connectivity index is 1.73. The second kappa shape index (κ2) is 6.40. The van der Waals surface area contributed by atoms with Crippen molar-refractivity contribution in [1.29, 1.82) is 0 Å². The van der Waals surface area contributed by atoms with E-state index in [9.17, 15) is 9.59 Å². The monoisotopic (exact) mass is 369 g/mol. The number of hydrogen-bond donors (Lipinski definition) is 1. The van der Waals surface area contributed by atoms with Gasteiger partial charge in [0, 0.05) is 23.2 Å². The Labute approximate surface area is 157 Å². The van der Waals surface area contributed by atoms with Gasteiger partial charge in [-0.3, -0.25) is 19.5 Å². The van der Waals surface area contributed by atoms with E-state index in [0.717, 1.165) is 35.2 Å². The Morgan fingerprint density at radius 1 is 1.35 bits per heavy atom. The van der Waals surface area contributed by atoms with E-state index in [-0.39, 0.29) is 23.9 Å². The van der Waals surface area contributed by atoms with Crippen LogP contribution in [0.2, 0.25) is 5.02 Å². The first-order chi connectivity index (χ1) is 12.5. The molecule has 4 rings (SSSR count). The topological polar surface area (TPSA) is 62.3 Å². The average molecular weight is 370 g/mol. The zero-order valence-corrected chi connectivity index (χ0v) is 15.5. The molecule has 0 saturated carbocycles. The van der Waals surface area contributed by atoms with Gasteiger partial charge >= 0.3 is 0 Å². The minimum atomic E-state index is -0.103. The van der Waals surface area contributed by atoms with E-state index in [4.69, 9.17) is 11.6 Å². The summed E-state index contributed by atoms with van der Waals surface area (Å²) in [6.45, 7) is 3.84. The van der Waals surface area contributed by atoms with Gasteiger partial charge in [0.25, 0.3) is 5.91 Å². The second-order valence-electron chi connectivity index (χ2n) is 6.82. The zero-order valence-electron chi connectivity index (χ0n) is 14.8. The Hall–Kier alpha value is -2.40. The third kappa shape index (κ3) is 2.58. The van der Waals surface area contributed by atoms with E-state index < -0.39 is 0 Å². The molecule has 1 N–H and O–H groups in total. The smallest absolute Gasteiger partial charge is 0.259 e. The Bertz CT molecular complexity index is 912. The molecular weight excluding hydrogens is 350 g/mol. The van der Waals surface area contributed by atoms with Gasteiger partial charge in [0.1, 0.15) is 0 Å². The summed E-state index contributed by atoms with van der Waals surface area (Å²) >= 11 is 6.12. The Kier molecular flexibility index (Phi) is 4.19. The first-order valence-electron chi connectivity index (χ1n) is 8.90. The quantitative estimate of drug-likeness (QED) is 0.890. The number of benzene rings is 1. The number of carbonyl (C=O) groups is 2. The van der Waals surface area contributed by atoms with Gasteiger partial charge in [0.2, 0.25) is 5.91 Å². The lowest BCUT2D eigenvalue weighted by atomic mass is 10.1. The molecule has 2 amide bonds. The van der Waals surface area contributed by atoms with Gasteiger partial charge < -0.3 is 5.32 Å². The summed E-state index contributed by atoms with van der Waals surface area (Å²) in [7, 11) is 0. The largest absolute Gasteiger partial charge is 0.349 e. The fourth-order valence-electron chi connectivity index (χ4n) is 4.00. The SMILES string of the molecule is CCC(=O)N[C@@H]1CCc2c1cncc2N1C(=O)c2ccc(Cl)cc2[C@@H]1C. The van der Waals surface area contributed by atoms with Crippen LogP contribution in [0.5, 0.6) is 0 Å². The van der Waals surface area contributed by atoms with Gasteiger partial charge in [-0.2, -0.15) is 0 Å². The molecular formula is C20H20ClN3O2. The summed E-state index contributed by atoms with van der Waals surface area (Å²) in [6, 6.07) is 5.26. The molecule has 6 heteroatoms. The third-order valence-electron chi connectivity index (χ3n) is 5.34. The molecule has 0 radical (unpaired) electrons. The molecule has 134 valence electrons. The highest BCUT2D eigenvalue weighted by Crippen LogP contribution is 2.43. The van der Waals surface area contributed by atoms with Crippen molar-refractivity contribution in [2.75, 3.05) is 4.90 Å². The number of nitrogens with zero attached hydrogens (tertiary/aromatic N) is 2. The molecule has 1 aromatic carbocycles. The number of halogens is 1. The highest BCUT2D eigenvalue weighted by atomic mass is 35.5. The molecule has 26 heavy (non-hydrogen) atoms. The predicted octanol–water partition coefficient (Wildman–Crippen LogP) is 3.97. The van der Waals surface area contributed by atoms with Crippen LogP contribution in [0.4, 0.5) is 5.69 Å². The summed E-state index contributed by atoms with van der Waals surface area (Å²) in [4.78, 5) is 31.0. The normalized spacial score (nSPS) is 20.9. The number of rotatable bonds is 3. The van der Waals surface area contributed by atoms with Gasteiger partial charge in [0.05, 0.1) is 24.0 Å². The number of anilines is 1. The van der Waals surface area contributed by atoms with Crippen molar-refractivity contribution < 1.29 is 9.59 Å². The van der Waals surface area contributed by atoms with E-state index in [1.165, 1.54) is 0 Å². The lowest BCUT2D eigenvalue weighted by Crippen LogP contribution is -2.28. The highest BCUT2D eigenvalue weighted by molar-refractivity contribution is 6.31. The van der Waals surface area contributed by atoms with Crippen molar-refractivity contribution >= 4 is 29.1 Å². The van der Waals surface area contributed by atoms with Gasteiger partial charge in [-0.1, -0.05) is 18.5 Å². The molecule has 0 saturated heterocycles. The molecule has 2 atom stereocenters. The van der Waals surface area contributed by atoms with Crippen molar-refractivity contribution in [3.8, 4) is 0 Å². The summed E-state index contributed by atoms with van der Waals surface area (Å²) in [6.07, 6.45) is 5.66. The molecule has 5 nitrogen and oxygen atoms in total. The third-order valence-corrected chi connectivity index (χ3v) is 5.58. The van der Waals surface area contributed by atoms with Gasteiger partial charge in [-0.25, -0.2) is 0 Å². The maximum atomic E-state index is 13.0. The van der Waals surface area contributed by atoms with Crippen molar-refractivity contribution in [2.24, 2.45) is 0 Å². The minimum Gasteiger partial charge on any atom is -0.349 e. The van der Waals surface area contributed by atoms with Crippen LogP contribution >= 0.6 is 11.6 Å². The van der Waals surface area contributed by atoms with Crippen LogP contribution < -0.4 is 10.2 Å². The molecule has 2 heterocycles. The predicted molar refractivity (Wildman–Crippen MR) is 100 cm³/mol. The van der Waals surface area contributed by atoms with Crippen molar-refractivity contribution in [3.05, 3.63) is 57.9 Å². The van der Waals surface area contributed by atoms with Crippen molar-refractivity contribution in [3.63, 3.8) is 0 Å². The minimum absolute atomic E-state index is 0.0274. The summed E-state index contributed by atoms with van der Waals surface area (Å²) < 4.78 is 0. The molecule has 0 fully saturated rings. The second-order valence-corrected chi connectivity index (χ2v) is 7.26. The maximum Gasteiger partial charge on any atom is 0.259 e. The molecule has 0 spiro atoms. The molecule has 1 aliphatic heterocycles. The molecule has 1 aliphatic carbocycles. The first-order valence-corrected chi connectivity index (χ1v) is 9.28. The summed E-state index contributed by atoms with van der Waals surface area (Å²) in [5.41, 5.74) is 4.57. The van der Waals surface area contributed by atoms with Crippen LogP contribution in [0.25, 0.3) is 0 Å². The van der Waals surface area contributed by atoms with Crippen LogP contribution in [-0.4, -0.2) is 16.8 Å². The number of pyridine rings is 1. The first kappa shape index (κ1) is 17.0. The van der Waals surface area contributed by atoms with Gasteiger partial charge in [-0.15, -0.1) is 0 Å². The number of nitrogens with one attached hydrogen (secondary N) is 1. The fraction of sp³-hybridized carbons (Fsp3) is 0.350. The number of aromatic nitrogens is 1.